The van der Waals surface area contributed by atoms with Crippen molar-refractivity contribution in [3.8, 4) is 0 Å². The first kappa shape index (κ1) is 20.7. The Morgan fingerprint density at radius 1 is 1.00 bits per heavy atom. The second-order valence-electron chi connectivity index (χ2n) is 6.83. The molecule has 0 spiro atoms. The Morgan fingerprint density at radius 2 is 1.59 bits per heavy atom. The monoisotopic (exact) mass is 404 g/mol. The van der Waals surface area contributed by atoms with Gasteiger partial charge in [-0.15, -0.1) is 0 Å². The van der Waals surface area contributed by atoms with Crippen molar-refractivity contribution in [2.24, 2.45) is 5.92 Å². The highest BCUT2D eigenvalue weighted by atomic mass is 16.5. The molecule has 2 heterocycles. The van der Waals surface area contributed by atoms with Gasteiger partial charge in [0.25, 0.3) is 0 Å². The van der Waals surface area contributed by atoms with Crippen molar-refractivity contribution < 1.29 is 33.7 Å². The molecule has 2 aliphatic rings. The van der Waals surface area contributed by atoms with Crippen LogP contribution in [0.2, 0.25) is 0 Å². The SMILES string of the molecule is COC(=O)C1=C(C(=O)OC)N(c2ccc(N3CCC(C(=O)O)CC3)cc2)COC1. The highest BCUT2D eigenvalue weighted by Crippen LogP contribution is 2.30. The highest BCUT2D eigenvalue weighted by Gasteiger charge is 2.32. The molecule has 0 aliphatic carbocycles. The molecule has 0 atom stereocenters. The van der Waals surface area contributed by atoms with Crippen LogP contribution in [-0.4, -0.2) is 63.7 Å². The molecule has 1 fully saturated rings. The molecule has 29 heavy (non-hydrogen) atoms. The number of piperidine rings is 1. The Bertz CT molecular complexity index is 811. The number of carboxylic acids is 1. The first-order chi connectivity index (χ1) is 14.0. The summed E-state index contributed by atoms with van der Waals surface area (Å²) in [7, 11) is 2.49. The zero-order chi connectivity index (χ0) is 21.0. The fraction of sp³-hybridized carbons (Fsp3) is 0.450. The normalized spacial score (nSPS) is 17.9. The second kappa shape index (κ2) is 8.95. The van der Waals surface area contributed by atoms with Crippen LogP contribution in [0.3, 0.4) is 0 Å². The van der Waals surface area contributed by atoms with Crippen LogP contribution >= 0.6 is 0 Å². The lowest BCUT2D eigenvalue weighted by molar-refractivity contribution is -0.142. The number of nitrogens with zero attached hydrogens (tertiary/aromatic N) is 2. The van der Waals surface area contributed by atoms with E-state index >= 15 is 0 Å². The first-order valence-corrected chi connectivity index (χ1v) is 9.29. The molecule has 1 saturated heterocycles. The summed E-state index contributed by atoms with van der Waals surface area (Å²) in [6.07, 6.45) is 1.21. The number of rotatable bonds is 5. The zero-order valence-electron chi connectivity index (χ0n) is 16.4. The minimum atomic E-state index is -0.742. The van der Waals surface area contributed by atoms with Crippen molar-refractivity contribution in [3.05, 3.63) is 35.5 Å². The van der Waals surface area contributed by atoms with Crippen LogP contribution in [0, 0.1) is 5.92 Å². The summed E-state index contributed by atoms with van der Waals surface area (Å²) in [4.78, 5) is 39.2. The molecule has 9 nitrogen and oxygen atoms in total. The number of carbonyl (C=O) groups excluding carboxylic acids is 2. The quantitative estimate of drug-likeness (QED) is 0.729. The molecular weight excluding hydrogens is 380 g/mol. The van der Waals surface area contributed by atoms with Crippen LogP contribution in [0.5, 0.6) is 0 Å². The van der Waals surface area contributed by atoms with Gasteiger partial charge in [0.2, 0.25) is 0 Å². The molecule has 3 rings (SSSR count). The fourth-order valence-corrected chi connectivity index (χ4v) is 3.58. The van der Waals surface area contributed by atoms with Crippen LogP contribution in [0.4, 0.5) is 11.4 Å². The van der Waals surface area contributed by atoms with E-state index in [1.54, 1.807) is 4.90 Å². The number of hydrogen-bond donors (Lipinski definition) is 1. The predicted molar refractivity (Wildman–Crippen MR) is 103 cm³/mol. The van der Waals surface area contributed by atoms with Crippen molar-refractivity contribution in [1.82, 2.24) is 0 Å². The molecule has 1 aromatic carbocycles. The maximum absolute atomic E-state index is 12.3. The lowest BCUT2D eigenvalue weighted by Crippen LogP contribution is -2.39. The molecule has 1 aromatic rings. The number of benzene rings is 1. The van der Waals surface area contributed by atoms with Crippen molar-refractivity contribution in [2.75, 3.05) is 50.4 Å². The maximum atomic E-state index is 12.3. The number of hydrogen-bond acceptors (Lipinski definition) is 8. The van der Waals surface area contributed by atoms with Gasteiger partial charge < -0.3 is 29.1 Å². The molecule has 0 unspecified atom stereocenters. The fourth-order valence-electron chi connectivity index (χ4n) is 3.58. The van der Waals surface area contributed by atoms with E-state index in [1.807, 2.05) is 24.3 Å². The van der Waals surface area contributed by atoms with Gasteiger partial charge >= 0.3 is 17.9 Å². The standard InChI is InChI=1S/C20H24N2O7/c1-27-19(25)16-11-29-12-22(17(16)20(26)28-2)15-5-3-14(4-6-15)21-9-7-13(8-10-21)18(23)24/h3-6,13H,7-12H2,1-2H3,(H,23,24). The van der Waals surface area contributed by atoms with Gasteiger partial charge in [0.05, 0.1) is 32.3 Å². The number of ether oxygens (including phenoxy) is 3. The average Bonchev–Trinajstić information content (AvgIpc) is 2.77. The molecule has 0 radical (unpaired) electrons. The van der Waals surface area contributed by atoms with E-state index < -0.39 is 17.9 Å². The van der Waals surface area contributed by atoms with Gasteiger partial charge in [-0.1, -0.05) is 0 Å². The Kier molecular flexibility index (Phi) is 6.38. The number of anilines is 2. The van der Waals surface area contributed by atoms with Crippen LogP contribution in [-0.2, 0) is 28.6 Å². The summed E-state index contributed by atoms with van der Waals surface area (Å²) < 4.78 is 15.1. The lowest BCUT2D eigenvalue weighted by atomic mass is 9.97. The second-order valence-corrected chi connectivity index (χ2v) is 6.83. The third-order valence-electron chi connectivity index (χ3n) is 5.20. The highest BCUT2D eigenvalue weighted by molar-refractivity contribution is 6.03. The van der Waals surface area contributed by atoms with Gasteiger partial charge in [-0.3, -0.25) is 4.79 Å². The number of carbonyl (C=O) groups is 3. The molecule has 9 heteroatoms. The lowest BCUT2D eigenvalue weighted by Gasteiger charge is -2.33. The third-order valence-corrected chi connectivity index (χ3v) is 5.20. The van der Waals surface area contributed by atoms with Crippen molar-refractivity contribution in [3.63, 3.8) is 0 Å². The maximum Gasteiger partial charge on any atom is 0.355 e. The van der Waals surface area contributed by atoms with Gasteiger partial charge in [-0.2, -0.15) is 0 Å². The van der Waals surface area contributed by atoms with E-state index in [0.717, 1.165) is 5.69 Å². The third kappa shape index (κ3) is 4.34. The summed E-state index contributed by atoms with van der Waals surface area (Å²) in [5.41, 5.74) is 1.83. The summed E-state index contributed by atoms with van der Waals surface area (Å²) in [6, 6.07) is 7.45. The van der Waals surface area contributed by atoms with Gasteiger partial charge in [0, 0.05) is 24.5 Å². The van der Waals surface area contributed by atoms with E-state index in [-0.39, 0.29) is 30.5 Å². The van der Waals surface area contributed by atoms with Gasteiger partial charge in [-0.25, -0.2) is 9.59 Å². The molecule has 0 saturated carbocycles. The topological polar surface area (TPSA) is 106 Å². The van der Waals surface area contributed by atoms with Crippen LogP contribution < -0.4 is 9.80 Å². The Balaban J connectivity index is 1.82. The predicted octanol–water partition coefficient (Wildman–Crippen LogP) is 1.38. The van der Waals surface area contributed by atoms with Gasteiger partial charge in [0.15, 0.2) is 0 Å². The summed E-state index contributed by atoms with van der Waals surface area (Å²) in [5.74, 6) is -2.32. The van der Waals surface area contributed by atoms with E-state index in [4.69, 9.17) is 19.3 Å². The molecule has 0 aromatic heterocycles. The van der Waals surface area contributed by atoms with E-state index in [2.05, 4.69) is 4.90 Å². The largest absolute Gasteiger partial charge is 0.481 e. The van der Waals surface area contributed by atoms with Gasteiger partial charge in [0.1, 0.15) is 12.4 Å². The summed E-state index contributed by atoms with van der Waals surface area (Å²) in [5, 5.41) is 9.13. The number of aliphatic carboxylic acids is 1. The number of methoxy groups -OCH3 is 2. The van der Waals surface area contributed by atoms with Gasteiger partial charge in [-0.05, 0) is 37.1 Å². The van der Waals surface area contributed by atoms with Crippen LogP contribution in [0.25, 0.3) is 0 Å². The molecule has 1 N–H and O–H groups in total. The average molecular weight is 404 g/mol. The Hall–Kier alpha value is -3.07. The van der Waals surface area contributed by atoms with Crippen LogP contribution in [0.1, 0.15) is 12.8 Å². The molecule has 0 amide bonds. The summed E-state index contributed by atoms with van der Waals surface area (Å²) >= 11 is 0. The minimum absolute atomic E-state index is 0.0375. The van der Waals surface area contributed by atoms with E-state index in [0.29, 0.717) is 31.6 Å². The van der Waals surface area contributed by atoms with E-state index in [9.17, 15) is 14.4 Å². The number of esters is 2. The molecular formula is C20H24N2O7. The smallest absolute Gasteiger partial charge is 0.355 e. The number of carboxylic acid groups (broad SMARTS) is 1. The van der Waals surface area contributed by atoms with E-state index in [1.165, 1.54) is 14.2 Å². The summed E-state index contributed by atoms with van der Waals surface area (Å²) in [6.45, 7) is 1.39. The first-order valence-electron chi connectivity index (χ1n) is 9.29. The van der Waals surface area contributed by atoms with Crippen molar-refractivity contribution in [2.45, 2.75) is 12.8 Å². The minimum Gasteiger partial charge on any atom is -0.481 e. The molecule has 0 bridgehead atoms. The molecule has 156 valence electrons. The Morgan fingerprint density at radius 3 is 2.14 bits per heavy atom. The van der Waals surface area contributed by atoms with Crippen molar-refractivity contribution in [1.29, 1.82) is 0 Å². The Labute approximate surface area is 168 Å². The van der Waals surface area contributed by atoms with Crippen LogP contribution in [0.15, 0.2) is 35.5 Å². The van der Waals surface area contributed by atoms with Crippen molar-refractivity contribution >= 4 is 29.3 Å². The zero-order valence-corrected chi connectivity index (χ0v) is 16.4. The molecule has 2 aliphatic heterocycles.